The molecule has 2 aromatic heterocycles. The van der Waals surface area contributed by atoms with Crippen LogP contribution in [0.2, 0.25) is 0 Å². The third-order valence-corrected chi connectivity index (χ3v) is 3.63. The van der Waals surface area contributed by atoms with E-state index in [4.69, 9.17) is 0 Å². The lowest BCUT2D eigenvalue weighted by Gasteiger charge is -2.06. The number of carboxylic acids is 1. The van der Waals surface area contributed by atoms with Crippen molar-refractivity contribution < 1.29 is 9.90 Å². The summed E-state index contributed by atoms with van der Waals surface area (Å²) in [7, 11) is 0. The van der Waals surface area contributed by atoms with E-state index in [1.54, 1.807) is 18.3 Å². The minimum Gasteiger partial charge on any atom is -0.478 e. The van der Waals surface area contributed by atoms with Crippen LogP contribution in [0.3, 0.4) is 0 Å². The second-order valence-electron chi connectivity index (χ2n) is 4.45. The van der Waals surface area contributed by atoms with Gasteiger partial charge in [0.05, 0.1) is 17.8 Å². The summed E-state index contributed by atoms with van der Waals surface area (Å²) in [5, 5.41) is 9.93. The Morgan fingerprint density at radius 2 is 2.10 bits per heavy atom. The van der Waals surface area contributed by atoms with Gasteiger partial charge >= 0.3 is 5.97 Å². The van der Waals surface area contributed by atoms with E-state index in [-0.39, 0.29) is 0 Å². The van der Waals surface area contributed by atoms with E-state index in [1.165, 1.54) is 0 Å². The molecule has 2 heterocycles. The maximum Gasteiger partial charge on any atom is 0.336 e. The van der Waals surface area contributed by atoms with Gasteiger partial charge in [-0.25, -0.2) is 4.79 Å². The standard InChI is InChI=1S/C15H11BrN2O2/c16-10-4-5-11(17-8-10)9-18-7-6-12-13(15(19)20)2-1-3-14(12)18/h1-8H,9H2,(H,19,20). The molecule has 100 valence electrons. The number of benzene rings is 1. The van der Waals surface area contributed by atoms with Crippen LogP contribution in [0.5, 0.6) is 0 Å². The third-order valence-electron chi connectivity index (χ3n) is 3.17. The molecule has 0 aliphatic heterocycles. The third kappa shape index (κ3) is 2.32. The first-order chi connectivity index (χ1) is 9.65. The smallest absolute Gasteiger partial charge is 0.336 e. The van der Waals surface area contributed by atoms with Crippen LogP contribution < -0.4 is 0 Å². The van der Waals surface area contributed by atoms with Crippen molar-refractivity contribution in [2.75, 3.05) is 0 Å². The summed E-state index contributed by atoms with van der Waals surface area (Å²) in [5.41, 5.74) is 2.14. The topological polar surface area (TPSA) is 55.1 Å². The fraction of sp³-hybridized carbons (Fsp3) is 0.0667. The predicted molar refractivity (Wildman–Crippen MR) is 79.9 cm³/mol. The molecule has 0 amide bonds. The number of hydrogen-bond donors (Lipinski definition) is 1. The van der Waals surface area contributed by atoms with E-state index < -0.39 is 5.97 Å². The molecule has 0 spiro atoms. The molecule has 5 heteroatoms. The number of pyridine rings is 1. The molecule has 0 atom stereocenters. The van der Waals surface area contributed by atoms with Crippen molar-refractivity contribution >= 4 is 32.8 Å². The van der Waals surface area contributed by atoms with Gasteiger partial charge in [0.25, 0.3) is 0 Å². The highest BCUT2D eigenvalue weighted by Gasteiger charge is 2.11. The largest absolute Gasteiger partial charge is 0.478 e. The van der Waals surface area contributed by atoms with E-state index in [0.29, 0.717) is 12.1 Å². The SMILES string of the molecule is O=C(O)c1cccc2c1ccn2Cc1ccc(Br)cn1. The number of nitrogens with zero attached hydrogens (tertiary/aromatic N) is 2. The molecule has 0 saturated heterocycles. The fourth-order valence-electron chi connectivity index (χ4n) is 2.22. The van der Waals surface area contributed by atoms with Crippen LogP contribution in [0.4, 0.5) is 0 Å². The summed E-state index contributed by atoms with van der Waals surface area (Å²) in [6.07, 6.45) is 3.64. The number of carboxylic acid groups (broad SMARTS) is 1. The Morgan fingerprint density at radius 1 is 1.25 bits per heavy atom. The predicted octanol–water partition coefficient (Wildman–Crippen LogP) is 3.55. The van der Waals surface area contributed by atoms with Crippen LogP contribution in [0.25, 0.3) is 10.9 Å². The molecule has 0 radical (unpaired) electrons. The van der Waals surface area contributed by atoms with Gasteiger partial charge in [0.1, 0.15) is 0 Å². The summed E-state index contributed by atoms with van der Waals surface area (Å²) in [6, 6.07) is 11.0. The molecule has 3 aromatic rings. The molecule has 0 aliphatic rings. The maximum atomic E-state index is 11.2. The van der Waals surface area contributed by atoms with Crippen LogP contribution in [-0.4, -0.2) is 20.6 Å². The van der Waals surface area contributed by atoms with Crippen LogP contribution in [0, 0.1) is 0 Å². The Balaban J connectivity index is 2.03. The van der Waals surface area contributed by atoms with Crippen molar-refractivity contribution in [3.05, 3.63) is 64.5 Å². The quantitative estimate of drug-likeness (QED) is 0.799. The highest BCUT2D eigenvalue weighted by molar-refractivity contribution is 9.10. The highest BCUT2D eigenvalue weighted by Crippen LogP contribution is 2.21. The normalized spacial score (nSPS) is 10.8. The summed E-state index contributed by atoms with van der Waals surface area (Å²) in [6.45, 7) is 0.611. The van der Waals surface area contributed by atoms with E-state index in [2.05, 4.69) is 20.9 Å². The molecule has 0 fully saturated rings. The highest BCUT2D eigenvalue weighted by atomic mass is 79.9. The van der Waals surface area contributed by atoms with Gasteiger partial charge in [0.2, 0.25) is 0 Å². The number of hydrogen-bond acceptors (Lipinski definition) is 2. The Hall–Kier alpha value is -2.14. The molecule has 0 aliphatic carbocycles. The van der Waals surface area contributed by atoms with Crippen molar-refractivity contribution in [3.63, 3.8) is 0 Å². The molecule has 1 aromatic carbocycles. The van der Waals surface area contributed by atoms with Crippen molar-refractivity contribution in [1.82, 2.24) is 9.55 Å². The number of halogens is 1. The first-order valence-electron chi connectivity index (χ1n) is 6.07. The Morgan fingerprint density at radius 3 is 2.80 bits per heavy atom. The van der Waals surface area contributed by atoms with Gasteiger partial charge in [-0.05, 0) is 46.3 Å². The zero-order chi connectivity index (χ0) is 14.1. The molecule has 4 nitrogen and oxygen atoms in total. The van der Waals surface area contributed by atoms with Crippen LogP contribution in [0.15, 0.2) is 53.3 Å². The number of rotatable bonds is 3. The van der Waals surface area contributed by atoms with Crippen LogP contribution in [-0.2, 0) is 6.54 Å². The van der Waals surface area contributed by atoms with Crippen molar-refractivity contribution in [3.8, 4) is 0 Å². The molecular formula is C15H11BrN2O2. The van der Waals surface area contributed by atoms with Gasteiger partial charge in [-0.3, -0.25) is 4.98 Å². The zero-order valence-electron chi connectivity index (χ0n) is 10.5. The van der Waals surface area contributed by atoms with Gasteiger partial charge in [0, 0.05) is 27.8 Å². The zero-order valence-corrected chi connectivity index (χ0v) is 12.0. The average Bonchev–Trinajstić information content (AvgIpc) is 2.84. The minimum atomic E-state index is -0.907. The molecule has 0 bridgehead atoms. The lowest BCUT2D eigenvalue weighted by molar-refractivity contribution is 0.0699. The Kier molecular flexibility index (Phi) is 3.28. The fourth-order valence-corrected chi connectivity index (χ4v) is 2.46. The van der Waals surface area contributed by atoms with E-state index in [1.807, 2.05) is 35.0 Å². The average molecular weight is 331 g/mol. The number of aromatic carboxylic acids is 1. The van der Waals surface area contributed by atoms with Crippen molar-refractivity contribution in [2.45, 2.75) is 6.54 Å². The van der Waals surface area contributed by atoms with Crippen molar-refractivity contribution in [1.29, 1.82) is 0 Å². The maximum absolute atomic E-state index is 11.2. The molecule has 0 unspecified atom stereocenters. The summed E-state index contributed by atoms with van der Waals surface area (Å²) >= 11 is 3.35. The molecule has 0 saturated carbocycles. The molecule has 20 heavy (non-hydrogen) atoms. The van der Waals surface area contributed by atoms with Gasteiger partial charge in [-0.15, -0.1) is 0 Å². The monoisotopic (exact) mass is 330 g/mol. The van der Waals surface area contributed by atoms with Gasteiger partial charge in [-0.2, -0.15) is 0 Å². The first-order valence-corrected chi connectivity index (χ1v) is 6.86. The lowest BCUT2D eigenvalue weighted by Crippen LogP contribution is -2.01. The lowest BCUT2D eigenvalue weighted by atomic mass is 10.1. The van der Waals surface area contributed by atoms with Crippen LogP contribution in [0.1, 0.15) is 16.1 Å². The molecule has 1 N–H and O–H groups in total. The van der Waals surface area contributed by atoms with Gasteiger partial charge < -0.3 is 9.67 Å². The second kappa shape index (κ2) is 5.09. The van der Waals surface area contributed by atoms with Crippen molar-refractivity contribution in [2.24, 2.45) is 0 Å². The second-order valence-corrected chi connectivity index (χ2v) is 5.37. The Labute approximate surface area is 123 Å². The molecular weight excluding hydrogens is 320 g/mol. The van der Waals surface area contributed by atoms with Crippen LogP contribution >= 0.6 is 15.9 Å². The first kappa shape index (κ1) is 12.9. The summed E-state index contributed by atoms with van der Waals surface area (Å²) in [5.74, 6) is -0.907. The van der Waals surface area contributed by atoms with Gasteiger partial charge in [-0.1, -0.05) is 6.07 Å². The minimum absolute atomic E-state index is 0.324. The van der Waals surface area contributed by atoms with Gasteiger partial charge in [0.15, 0.2) is 0 Å². The number of fused-ring (bicyclic) bond motifs is 1. The number of aromatic nitrogens is 2. The van der Waals surface area contributed by atoms with E-state index in [0.717, 1.165) is 21.1 Å². The van der Waals surface area contributed by atoms with E-state index >= 15 is 0 Å². The van der Waals surface area contributed by atoms with E-state index in [9.17, 15) is 9.90 Å². The Bertz CT molecular complexity index is 778. The number of carbonyl (C=O) groups is 1. The summed E-state index contributed by atoms with van der Waals surface area (Å²) in [4.78, 5) is 15.5. The summed E-state index contributed by atoms with van der Waals surface area (Å²) < 4.78 is 2.93. The molecule has 3 rings (SSSR count).